The number of carboxylic acid groups (broad SMARTS) is 1. The second-order valence-corrected chi connectivity index (χ2v) is 2.75. The van der Waals surface area contributed by atoms with Gasteiger partial charge in [-0.15, -0.1) is 0 Å². The van der Waals surface area contributed by atoms with Gasteiger partial charge in [-0.25, -0.2) is 4.39 Å². The maximum Gasteiger partial charge on any atom is 0.306 e. The monoisotopic (exact) mass is 209 g/mol. The van der Waals surface area contributed by atoms with Gasteiger partial charge in [0.25, 0.3) is 0 Å². The maximum atomic E-state index is 12.8. The van der Waals surface area contributed by atoms with E-state index in [0.29, 0.717) is 0 Å². The van der Waals surface area contributed by atoms with Gasteiger partial charge in [-0.3, -0.25) is 4.79 Å². The summed E-state index contributed by atoms with van der Waals surface area (Å²) < 4.78 is 17.9. The van der Waals surface area contributed by atoms with Crippen molar-refractivity contribution in [3.8, 4) is 11.8 Å². The molecule has 0 aliphatic carbocycles. The zero-order chi connectivity index (χ0) is 11.3. The van der Waals surface area contributed by atoms with E-state index < -0.39 is 11.8 Å². The van der Waals surface area contributed by atoms with Crippen LogP contribution in [0.5, 0.6) is 5.75 Å². The van der Waals surface area contributed by atoms with Gasteiger partial charge in [-0.2, -0.15) is 5.26 Å². The summed E-state index contributed by atoms with van der Waals surface area (Å²) in [6.07, 6.45) is -0.140. The second kappa shape index (κ2) is 4.96. The highest BCUT2D eigenvalue weighted by atomic mass is 19.1. The molecule has 0 spiro atoms. The first-order valence-corrected chi connectivity index (χ1v) is 4.17. The molecule has 0 fully saturated rings. The van der Waals surface area contributed by atoms with Crippen molar-refractivity contribution in [1.29, 1.82) is 5.26 Å². The Morgan fingerprint density at radius 3 is 2.93 bits per heavy atom. The van der Waals surface area contributed by atoms with Crippen molar-refractivity contribution in [3.63, 3.8) is 0 Å². The molecule has 0 atom stereocenters. The van der Waals surface area contributed by atoms with E-state index in [-0.39, 0.29) is 24.3 Å². The van der Waals surface area contributed by atoms with Crippen LogP contribution in [0.3, 0.4) is 0 Å². The van der Waals surface area contributed by atoms with E-state index in [1.165, 1.54) is 12.1 Å². The first kappa shape index (κ1) is 11.0. The Balaban J connectivity index is 2.63. The number of carboxylic acids is 1. The number of nitriles is 1. The van der Waals surface area contributed by atoms with E-state index >= 15 is 0 Å². The molecule has 1 aromatic rings. The summed E-state index contributed by atoms with van der Waals surface area (Å²) >= 11 is 0. The lowest BCUT2D eigenvalue weighted by molar-refractivity contribution is -0.137. The van der Waals surface area contributed by atoms with Crippen LogP contribution in [-0.2, 0) is 4.79 Å². The molecule has 0 heterocycles. The highest BCUT2D eigenvalue weighted by molar-refractivity contribution is 5.66. The zero-order valence-corrected chi connectivity index (χ0v) is 7.74. The molecule has 0 amide bonds. The Morgan fingerprint density at radius 1 is 1.60 bits per heavy atom. The van der Waals surface area contributed by atoms with Crippen LogP contribution in [0.1, 0.15) is 12.0 Å². The zero-order valence-electron chi connectivity index (χ0n) is 7.74. The number of hydrogen-bond acceptors (Lipinski definition) is 3. The molecule has 5 heteroatoms. The molecule has 0 bridgehead atoms. The summed E-state index contributed by atoms with van der Waals surface area (Å²) in [5.41, 5.74) is -0.122. The number of benzene rings is 1. The van der Waals surface area contributed by atoms with Gasteiger partial charge in [0.15, 0.2) is 0 Å². The third kappa shape index (κ3) is 3.27. The fourth-order valence-electron chi connectivity index (χ4n) is 0.936. The molecule has 0 aromatic heterocycles. The van der Waals surface area contributed by atoms with Crippen LogP contribution in [-0.4, -0.2) is 17.7 Å². The average molecular weight is 209 g/mol. The number of ether oxygens (including phenoxy) is 1. The van der Waals surface area contributed by atoms with Gasteiger partial charge in [0.05, 0.1) is 18.6 Å². The number of rotatable bonds is 4. The summed E-state index contributed by atoms with van der Waals surface area (Å²) in [6.45, 7) is -0.00810. The van der Waals surface area contributed by atoms with Gasteiger partial charge in [0.1, 0.15) is 17.6 Å². The van der Waals surface area contributed by atoms with Crippen molar-refractivity contribution in [2.24, 2.45) is 0 Å². The molecule has 0 radical (unpaired) electrons. The first-order valence-electron chi connectivity index (χ1n) is 4.17. The maximum absolute atomic E-state index is 12.8. The molecule has 78 valence electrons. The minimum atomic E-state index is -0.974. The molecule has 1 N–H and O–H groups in total. The topological polar surface area (TPSA) is 70.3 Å². The van der Waals surface area contributed by atoms with Crippen LogP contribution in [0.2, 0.25) is 0 Å². The summed E-state index contributed by atoms with van der Waals surface area (Å²) in [4.78, 5) is 10.2. The highest BCUT2D eigenvalue weighted by Crippen LogP contribution is 2.16. The second-order valence-electron chi connectivity index (χ2n) is 2.75. The molecule has 15 heavy (non-hydrogen) atoms. The Morgan fingerprint density at radius 2 is 2.33 bits per heavy atom. The normalized spacial score (nSPS) is 9.33. The van der Waals surface area contributed by atoms with Crippen molar-refractivity contribution < 1.29 is 19.0 Å². The van der Waals surface area contributed by atoms with E-state index in [2.05, 4.69) is 0 Å². The highest BCUT2D eigenvalue weighted by Gasteiger charge is 2.04. The number of halogens is 1. The van der Waals surface area contributed by atoms with Crippen molar-refractivity contribution in [2.45, 2.75) is 6.42 Å². The van der Waals surface area contributed by atoms with Crippen molar-refractivity contribution >= 4 is 5.97 Å². The molecule has 0 aliphatic rings. The van der Waals surface area contributed by atoms with Gasteiger partial charge in [-0.1, -0.05) is 0 Å². The number of aliphatic carboxylic acids is 1. The molecule has 0 saturated heterocycles. The predicted octanol–water partition coefficient (Wildman–Crippen LogP) is 1.55. The summed E-state index contributed by atoms with van der Waals surface area (Å²) in [5, 5.41) is 16.9. The van der Waals surface area contributed by atoms with Gasteiger partial charge >= 0.3 is 5.97 Å². The van der Waals surface area contributed by atoms with Crippen LogP contribution in [0.25, 0.3) is 0 Å². The first-order chi connectivity index (χ1) is 7.13. The van der Waals surface area contributed by atoms with Crippen molar-refractivity contribution in [1.82, 2.24) is 0 Å². The third-order valence-electron chi connectivity index (χ3n) is 1.64. The standard InChI is InChI=1S/C10H8FNO3/c11-9-2-1-8(5-7(9)6-12)15-4-3-10(13)14/h1-2,5H,3-4H2,(H,13,14). The van der Waals surface area contributed by atoms with Gasteiger partial charge < -0.3 is 9.84 Å². The summed E-state index contributed by atoms with van der Waals surface area (Å²) in [5.74, 6) is -1.31. The van der Waals surface area contributed by atoms with E-state index in [9.17, 15) is 9.18 Å². The summed E-state index contributed by atoms with van der Waals surface area (Å²) in [6, 6.07) is 5.35. The largest absolute Gasteiger partial charge is 0.493 e. The molecule has 4 nitrogen and oxygen atoms in total. The Bertz CT molecular complexity index is 412. The fourth-order valence-corrected chi connectivity index (χ4v) is 0.936. The van der Waals surface area contributed by atoms with E-state index in [1.807, 2.05) is 0 Å². The Hall–Kier alpha value is -2.09. The number of nitrogens with zero attached hydrogens (tertiary/aromatic N) is 1. The lowest BCUT2D eigenvalue weighted by Crippen LogP contribution is -2.04. The van der Waals surface area contributed by atoms with E-state index in [0.717, 1.165) is 6.07 Å². The lowest BCUT2D eigenvalue weighted by Gasteiger charge is -2.04. The van der Waals surface area contributed by atoms with Crippen LogP contribution >= 0.6 is 0 Å². The van der Waals surface area contributed by atoms with Gasteiger partial charge in [0, 0.05) is 6.07 Å². The molecular weight excluding hydrogens is 201 g/mol. The third-order valence-corrected chi connectivity index (χ3v) is 1.64. The molecule has 0 saturated carbocycles. The number of hydrogen-bond donors (Lipinski definition) is 1. The lowest BCUT2D eigenvalue weighted by atomic mass is 10.2. The molecular formula is C10H8FNO3. The minimum absolute atomic E-state index is 0.00810. The SMILES string of the molecule is N#Cc1cc(OCCC(=O)O)ccc1F. The average Bonchev–Trinajstić information content (AvgIpc) is 2.20. The Labute approximate surface area is 85.5 Å². The van der Waals surface area contributed by atoms with Crippen molar-refractivity contribution in [3.05, 3.63) is 29.6 Å². The number of carbonyl (C=O) groups is 1. The smallest absolute Gasteiger partial charge is 0.306 e. The van der Waals surface area contributed by atoms with Crippen LogP contribution in [0, 0.1) is 17.1 Å². The molecule has 0 unspecified atom stereocenters. The van der Waals surface area contributed by atoms with E-state index in [1.54, 1.807) is 6.07 Å². The fraction of sp³-hybridized carbons (Fsp3) is 0.200. The van der Waals surface area contributed by atoms with Gasteiger partial charge in [-0.05, 0) is 12.1 Å². The van der Waals surface area contributed by atoms with E-state index in [4.69, 9.17) is 15.1 Å². The molecule has 0 aliphatic heterocycles. The van der Waals surface area contributed by atoms with Gasteiger partial charge in [0.2, 0.25) is 0 Å². The Kier molecular flexibility index (Phi) is 3.63. The van der Waals surface area contributed by atoms with Crippen LogP contribution in [0.15, 0.2) is 18.2 Å². The quantitative estimate of drug-likeness (QED) is 0.816. The van der Waals surface area contributed by atoms with Crippen molar-refractivity contribution in [2.75, 3.05) is 6.61 Å². The summed E-state index contributed by atoms with van der Waals surface area (Å²) in [7, 11) is 0. The predicted molar refractivity (Wildman–Crippen MR) is 48.9 cm³/mol. The molecule has 1 aromatic carbocycles. The van der Waals surface area contributed by atoms with Crippen LogP contribution < -0.4 is 4.74 Å². The minimum Gasteiger partial charge on any atom is -0.493 e. The van der Waals surface area contributed by atoms with Crippen LogP contribution in [0.4, 0.5) is 4.39 Å². The molecule has 1 rings (SSSR count).